The first kappa shape index (κ1) is 72.1. The Labute approximate surface area is 696 Å². The van der Waals surface area contributed by atoms with E-state index in [1.807, 2.05) is 99.9 Å². The Morgan fingerprint density at radius 2 is 0.556 bits per heavy atom. The molecule has 6 nitrogen and oxygen atoms in total. The minimum absolute atomic E-state index is 1.08. The van der Waals surface area contributed by atoms with Crippen LogP contribution in [0.4, 0.5) is 56.9 Å². The molecule has 24 rings (SSSR count). The van der Waals surface area contributed by atoms with Crippen LogP contribution in [0.3, 0.4) is 0 Å². The second-order valence-corrected chi connectivity index (χ2v) is 34.0. The summed E-state index contributed by atoms with van der Waals surface area (Å²) in [5, 5.41) is 39.2. The Kier molecular flexibility index (Phi) is 20.1. The normalized spacial score (nSPS) is 11.2. The minimum Gasteiger partial charge on any atom is -0.356 e. The van der Waals surface area contributed by atoms with Crippen molar-refractivity contribution in [3.63, 3.8) is 0 Å². The second-order valence-electron chi connectivity index (χ2n) is 28.8. The van der Waals surface area contributed by atoms with Gasteiger partial charge in [-0.3, -0.25) is 0 Å². The van der Waals surface area contributed by atoms with Crippen molar-refractivity contribution in [1.82, 2.24) is 4.57 Å². The Morgan fingerprint density at radius 3 is 1.15 bits per heavy atom. The predicted molar refractivity (Wildman–Crippen MR) is 517 cm³/mol. The van der Waals surface area contributed by atoms with Gasteiger partial charge in [-0.15, -0.1) is 56.7 Å². The molecule has 0 saturated heterocycles. The quantitative estimate of drug-likeness (QED) is 0.0893. The predicted octanol–water partition coefficient (Wildman–Crippen LogP) is 33.2. The van der Waals surface area contributed by atoms with Gasteiger partial charge in [0.05, 0.1) is 21.4 Å². The van der Waals surface area contributed by atoms with Crippen molar-refractivity contribution >= 4 is 248 Å². The van der Waals surface area contributed by atoms with Crippen LogP contribution in [0, 0.1) is 0 Å². The summed E-state index contributed by atoms with van der Waals surface area (Å²) < 4.78 is 14.4. The van der Waals surface area contributed by atoms with Crippen LogP contribution in [0.2, 0.25) is 0 Å². The minimum atomic E-state index is 1.08. The van der Waals surface area contributed by atoms with E-state index in [9.17, 15) is 0 Å². The highest BCUT2D eigenvalue weighted by molar-refractivity contribution is 7.27. The van der Waals surface area contributed by atoms with Gasteiger partial charge in [-0.25, -0.2) is 0 Å². The van der Waals surface area contributed by atoms with Gasteiger partial charge in [0.2, 0.25) is 0 Å². The first-order valence-electron chi connectivity index (χ1n) is 39.0. The van der Waals surface area contributed by atoms with Crippen molar-refractivity contribution in [1.29, 1.82) is 0 Å². The molecular formula is C106H74N6S5. The third-order valence-corrected chi connectivity index (χ3v) is 26.7. The van der Waals surface area contributed by atoms with E-state index in [0.29, 0.717) is 0 Å². The molecule has 0 radical (unpaired) electrons. The number of hydrogen-bond acceptors (Lipinski definition) is 10. The second kappa shape index (κ2) is 32.5. The molecule has 0 unspecified atom stereocenters. The summed E-state index contributed by atoms with van der Waals surface area (Å²) in [4.78, 5) is 0. The highest BCUT2D eigenvalue weighted by atomic mass is 32.1. The van der Waals surface area contributed by atoms with E-state index in [1.54, 1.807) is 11.3 Å². The van der Waals surface area contributed by atoms with Gasteiger partial charge in [0.15, 0.2) is 0 Å². The van der Waals surface area contributed by atoms with Crippen LogP contribution in [-0.2, 0) is 0 Å². The van der Waals surface area contributed by atoms with E-state index in [-0.39, 0.29) is 0 Å². The van der Waals surface area contributed by atoms with Gasteiger partial charge in [-0.05, 0) is 214 Å². The Hall–Kier alpha value is -13.9. The third kappa shape index (κ3) is 15.4. The molecule has 117 heavy (non-hydrogen) atoms. The van der Waals surface area contributed by atoms with Crippen molar-refractivity contribution in [3.05, 3.63) is 418 Å². The third-order valence-electron chi connectivity index (χ3n) is 21.1. The number of aromatic nitrogens is 1. The molecule has 0 bridgehead atoms. The fraction of sp³-hybridized carbons (Fsp3) is 0. The zero-order valence-electron chi connectivity index (χ0n) is 63.3. The van der Waals surface area contributed by atoms with Crippen molar-refractivity contribution in [2.24, 2.45) is 0 Å². The van der Waals surface area contributed by atoms with Crippen LogP contribution in [0.1, 0.15) is 0 Å². The molecular weight excluding hydrogens is 1520 g/mol. The lowest BCUT2D eigenvalue weighted by atomic mass is 10.1. The van der Waals surface area contributed by atoms with E-state index in [0.717, 1.165) is 51.2 Å². The van der Waals surface area contributed by atoms with Gasteiger partial charge in [0.1, 0.15) is 0 Å². The molecule has 6 aromatic heterocycles. The molecule has 18 aromatic carbocycles. The molecule has 0 spiro atoms. The fourth-order valence-electron chi connectivity index (χ4n) is 15.6. The van der Waals surface area contributed by atoms with Gasteiger partial charge >= 0.3 is 0 Å². The fourth-order valence-corrected chi connectivity index (χ4v) is 20.9. The van der Waals surface area contributed by atoms with Crippen LogP contribution in [0.5, 0.6) is 0 Å². The maximum absolute atomic E-state index is 3.68. The van der Waals surface area contributed by atoms with Gasteiger partial charge in [-0.2, -0.15) is 0 Å². The Morgan fingerprint density at radius 1 is 0.179 bits per heavy atom. The van der Waals surface area contributed by atoms with E-state index in [4.69, 9.17) is 0 Å². The monoisotopic (exact) mass is 1590 g/mol. The summed E-state index contributed by atoms with van der Waals surface area (Å²) in [6, 6.07) is 146. The van der Waals surface area contributed by atoms with Crippen LogP contribution < -0.4 is 26.6 Å². The number of fused-ring (bicyclic) bond motifs is 18. The molecule has 5 N–H and O–H groups in total. The number of anilines is 10. The van der Waals surface area contributed by atoms with E-state index >= 15 is 0 Å². The van der Waals surface area contributed by atoms with Gasteiger partial charge in [0.25, 0.3) is 0 Å². The van der Waals surface area contributed by atoms with Gasteiger partial charge < -0.3 is 31.2 Å². The molecule has 24 aromatic rings. The van der Waals surface area contributed by atoms with Crippen LogP contribution in [0.15, 0.2) is 418 Å². The molecule has 0 fully saturated rings. The van der Waals surface area contributed by atoms with Gasteiger partial charge in [-0.1, -0.05) is 231 Å². The SMILES string of the molecule is c1ccc(-n2c3cc(Nc4ccc5c(c4)sc4ccccc45)ccc3c3cc4ccccc4cc32)cc1.c1ccc(Nc2ccc3ccsc3c2)cc1.c1ccc(Nc2ccc3sc4ccccc4c3c2)cc1.c1ccc(Nc2cccc3c2sc2ccccc23)cc1.c1ccc2cc(Nc3ccc4sc5ccccc5c4c3)ccc2c1. The van der Waals surface area contributed by atoms with Crippen molar-refractivity contribution in [2.75, 3.05) is 26.6 Å². The number of thiophene rings is 5. The van der Waals surface area contributed by atoms with E-state index < -0.39 is 0 Å². The molecule has 0 aliphatic carbocycles. The zero-order chi connectivity index (χ0) is 77.8. The number of nitrogens with zero attached hydrogens (tertiary/aromatic N) is 1. The van der Waals surface area contributed by atoms with E-state index in [2.05, 4.69) is 394 Å². The average Bonchev–Trinajstić information content (AvgIpc) is 1.58. The molecule has 0 amide bonds. The van der Waals surface area contributed by atoms with Crippen molar-refractivity contribution in [2.45, 2.75) is 0 Å². The number of para-hydroxylation sites is 4. The highest BCUT2D eigenvalue weighted by Gasteiger charge is 2.17. The summed E-state index contributed by atoms with van der Waals surface area (Å²) in [5.41, 5.74) is 14.8. The average molecular weight is 1590 g/mol. The first-order valence-corrected chi connectivity index (χ1v) is 43.2. The summed E-state index contributed by atoms with van der Waals surface area (Å²) in [6.07, 6.45) is 0. The van der Waals surface area contributed by atoms with Crippen molar-refractivity contribution < 1.29 is 0 Å². The van der Waals surface area contributed by atoms with Gasteiger partial charge in [0, 0.05) is 148 Å². The topological polar surface area (TPSA) is 65.1 Å². The van der Waals surface area contributed by atoms with Crippen LogP contribution in [0.25, 0.3) is 140 Å². The Balaban J connectivity index is 0.0000000974. The molecule has 11 heteroatoms. The lowest BCUT2D eigenvalue weighted by Gasteiger charge is -2.10. The molecule has 0 aliphatic rings. The molecule has 558 valence electrons. The standard InChI is InChI=1S/C34H22N2S.C22H15NS.2C18H13NS.C14H11NS/c1-2-10-26(11-3-1)36-31-19-23-9-5-4-8-22(23)18-30(31)27-16-14-24(20-32(27)36)35-25-15-17-29-28-12-6-7-13-33(28)37-34(29)21-25;1-2-6-16-13-17(10-9-15(16)5-1)23-18-11-12-22-20(14-18)19-7-3-4-8-21(19)24-22;1-2-7-13(8-3-1)19-16-11-6-10-15-14-9-4-5-12-17(14)20-18(15)16;1-2-6-13(7-3-1)19-14-10-11-18-16(12-14)15-8-4-5-9-17(15)20-18;1-2-4-12(5-3-1)15-13-7-6-11-8-9-16-14(11)10-13/h1-21,35H;1-14,23H;2*1-12,19H;1-10,15H. The van der Waals surface area contributed by atoms with Crippen molar-refractivity contribution in [3.8, 4) is 5.69 Å². The molecule has 0 aliphatic heterocycles. The molecule has 0 saturated carbocycles. The highest BCUT2D eigenvalue weighted by Crippen LogP contribution is 2.43. The lowest BCUT2D eigenvalue weighted by molar-refractivity contribution is 1.18. The number of hydrogen-bond donors (Lipinski definition) is 5. The Bertz CT molecular complexity index is 7680. The maximum atomic E-state index is 3.68. The van der Waals surface area contributed by atoms with Crippen LogP contribution >= 0.6 is 56.7 Å². The maximum Gasteiger partial charge on any atom is 0.0590 e. The molecule has 6 heterocycles. The number of rotatable bonds is 11. The summed E-state index contributed by atoms with van der Waals surface area (Å²) in [6.45, 7) is 0. The summed E-state index contributed by atoms with van der Waals surface area (Å²) in [5.74, 6) is 0. The molecule has 0 atom stereocenters. The lowest BCUT2D eigenvalue weighted by Crippen LogP contribution is -1.95. The number of nitrogens with one attached hydrogen (secondary N) is 5. The summed E-state index contributed by atoms with van der Waals surface area (Å²) >= 11 is 9.17. The van der Waals surface area contributed by atoms with Crippen LogP contribution in [-0.4, -0.2) is 4.57 Å². The van der Waals surface area contributed by atoms with E-state index in [1.165, 1.54) is 146 Å². The zero-order valence-corrected chi connectivity index (χ0v) is 67.4. The summed E-state index contributed by atoms with van der Waals surface area (Å²) in [7, 11) is 0. The smallest absolute Gasteiger partial charge is 0.0590 e. The number of benzene rings is 18. The first-order chi connectivity index (χ1) is 57.9. The largest absolute Gasteiger partial charge is 0.356 e.